The van der Waals surface area contributed by atoms with Crippen LogP contribution >= 0.6 is 20.8 Å². The quantitative estimate of drug-likeness (QED) is 0.144. The van der Waals surface area contributed by atoms with E-state index in [0.29, 0.717) is 48.6 Å². The molecule has 1 unspecified atom stereocenters. The first-order valence-electron chi connectivity index (χ1n) is 15.5. The van der Waals surface area contributed by atoms with Gasteiger partial charge in [0.25, 0.3) is 5.91 Å². The van der Waals surface area contributed by atoms with E-state index in [4.69, 9.17) is 21.1 Å². The highest BCUT2D eigenvalue weighted by molar-refractivity contribution is 7.27. The molecule has 46 heavy (non-hydrogen) atoms. The second-order valence-electron chi connectivity index (χ2n) is 11.1. The molecule has 11 nitrogen and oxygen atoms in total. The van der Waals surface area contributed by atoms with Gasteiger partial charge in [0.15, 0.2) is 5.82 Å². The number of rotatable bonds is 13. The third-order valence-electron chi connectivity index (χ3n) is 7.93. The highest BCUT2D eigenvalue weighted by Crippen LogP contribution is 2.34. The number of piperazine rings is 1. The summed E-state index contributed by atoms with van der Waals surface area (Å²) in [5, 5.41) is 17.6. The van der Waals surface area contributed by atoms with Crippen LogP contribution in [0.15, 0.2) is 48.7 Å². The first-order chi connectivity index (χ1) is 22.3. The van der Waals surface area contributed by atoms with Gasteiger partial charge in [0.1, 0.15) is 18.1 Å². The summed E-state index contributed by atoms with van der Waals surface area (Å²) in [5.74, 6) is 1.02. The predicted octanol–water partition coefficient (Wildman–Crippen LogP) is 3.80. The lowest BCUT2D eigenvalue weighted by Crippen LogP contribution is -2.45. The maximum Gasteiger partial charge on any atom is 0.268 e. The maximum atomic E-state index is 13.6. The Morgan fingerprint density at radius 1 is 1.11 bits per heavy atom. The summed E-state index contributed by atoms with van der Waals surface area (Å²) < 4.78 is 13.3. The topological polar surface area (TPSA) is 123 Å². The van der Waals surface area contributed by atoms with Gasteiger partial charge in [-0.15, -0.1) is 14.3 Å². The fourth-order valence-electron chi connectivity index (χ4n) is 5.52. The molecule has 248 valence electrons. The van der Waals surface area contributed by atoms with E-state index < -0.39 is 0 Å². The predicted molar refractivity (Wildman–Crippen MR) is 190 cm³/mol. The summed E-state index contributed by atoms with van der Waals surface area (Å²) in [5.41, 5.74) is 8.51. The second kappa shape index (κ2) is 17.6. The van der Waals surface area contributed by atoms with E-state index in [0.717, 1.165) is 72.2 Å². The fraction of sp³-hybridized carbons (Fsp3) is 0.424. The number of amides is 1. The standard InChI is InChI=1S/C32H41ClN7O3P.CH5N/c1-22-29-27(40(16-17-42-3)30(22)32(41)34-10-5-11-39-14-12-38(2)13-15-39)20-35-37-31(29)36-24-8-9-28(26(33)19-24)43-21-23-6-4-7-25(44)18-23;1-2/h4,6-9,18-20H,5,10-17,21,44H2,1-3H3,(H,34,41)(H,36,37);2H2,1H3. The van der Waals surface area contributed by atoms with E-state index in [-0.39, 0.29) is 5.91 Å². The van der Waals surface area contributed by atoms with Crippen molar-refractivity contribution in [2.75, 3.05) is 72.4 Å². The Kier molecular flexibility index (Phi) is 13.6. The van der Waals surface area contributed by atoms with Crippen molar-refractivity contribution in [1.29, 1.82) is 0 Å². The molecule has 1 amide bonds. The smallest absolute Gasteiger partial charge is 0.268 e. The SMILES string of the molecule is CN.COCCn1c(C(=O)NCCCN2CCN(C)CC2)c(C)c2c(Nc3ccc(OCc4cccc(P)c4)c(Cl)c3)nncc21. The molecule has 1 aliphatic heterocycles. The molecule has 0 bridgehead atoms. The average molecular weight is 669 g/mol. The highest BCUT2D eigenvalue weighted by atomic mass is 35.5. The number of nitrogens with one attached hydrogen (secondary N) is 2. The number of hydrogen-bond donors (Lipinski definition) is 3. The zero-order valence-electron chi connectivity index (χ0n) is 27.2. The van der Waals surface area contributed by atoms with E-state index in [2.05, 4.69) is 58.7 Å². The molecule has 2 aromatic heterocycles. The average Bonchev–Trinajstić information content (AvgIpc) is 3.35. The molecule has 1 aliphatic rings. The Morgan fingerprint density at radius 2 is 1.89 bits per heavy atom. The van der Waals surface area contributed by atoms with Gasteiger partial charge in [-0.2, -0.15) is 5.10 Å². The van der Waals surface area contributed by atoms with Crippen LogP contribution < -0.4 is 26.4 Å². The van der Waals surface area contributed by atoms with Crippen molar-refractivity contribution in [2.24, 2.45) is 5.73 Å². The van der Waals surface area contributed by atoms with Crippen LogP contribution in [0.25, 0.3) is 10.9 Å². The fourth-order valence-corrected chi connectivity index (χ4v) is 6.08. The maximum absolute atomic E-state index is 13.6. The number of fused-ring (bicyclic) bond motifs is 1. The van der Waals surface area contributed by atoms with Crippen LogP contribution in [0.4, 0.5) is 11.5 Å². The molecule has 0 aliphatic carbocycles. The zero-order chi connectivity index (χ0) is 33.1. The van der Waals surface area contributed by atoms with E-state index >= 15 is 0 Å². The van der Waals surface area contributed by atoms with E-state index in [1.54, 1.807) is 19.4 Å². The van der Waals surface area contributed by atoms with Crippen molar-refractivity contribution >= 4 is 54.5 Å². The number of anilines is 2. The zero-order valence-corrected chi connectivity index (χ0v) is 29.1. The van der Waals surface area contributed by atoms with Crippen LogP contribution in [0.3, 0.4) is 0 Å². The van der Waals surface area contributed by atoms with Crippen LogP contribution in [-0.4, -0.2) is 97.6 Å². The molecule has 0 spiro atoms. The molecule has 1 atom stereocenters. The third kappa shape index (κ3) is 9.15. The Labute approximate surface area is 279 Å². The van der Waals surface area contributed by atoms with Gasteiger partial charge in [-0.3, -0.25) is 4.79 Å². The number of carbonyl (C=O) groups excluding carboxylic acids is 1. The van der Waals surface area contributed by atoms with Crippen molar-refractivity contribution in [1.82, 2.24) is 29.9 Å². The van der Waals surface area contributed by atoms with Gasteiger partial charge in [0.05, 0.1) is 23.3 Å². The van der Waals surface area contributed by atoms with Crippen LogP contribution in [0.2, 0.25) is 5.02 Å². The Morgan fingerprint density at radius 3 is 2.61 bits per heavy atom. The van der Waals surface area contributed by atoms with Gasteiger partial charge >= 0.3 is 0 Å². The van der Waals surface area contributed by atoms with E-state index in [1.165, 1.54) is 7.05 Å². The number of carbonyl (C=O) groups is 1. The molecule has 5 rings (SSSR count). The molecule has 4 aromatic rings. The summed E-state index contributed by atoms with van der Waals surface area (Å²) in [7, 11) is 8.00. The number of nitrogens with two attached hydrogens (primary N) is 1. The number of aryl methyl sites for hydroxylation is 1. The van der Waals surface area contributed by atoms with E-state index in [1.807, 2.05) is 41.8 Å². The summed E-state index contributed by atoms with van der Waals surface area (Å²) in [4.78, 5) is 18.4. The molecule has 1 fully saturated rings. The Hall–Kier alpha value is -3.31. The number of methoxy groups -OCH3 is 1. The lowest BCUT2D eigenvalue weighted by atomic mass is 10.1. The van der Waals surface area contributed by atoms with Crippen molar-refractivity contribution in [3.8, 4) is 5.75 Å². The monoisotopic (exact) mass is 668 g/mol. The molecule has 13 heteroatoms. The number of nitrogens with zero attached hydrogens (tertiary/aromatic N) is 5. The van der Waals surface area contributed by atoms with Gasteiger partial charge in [-0.25, -0.2) is 0 Å². The minimum absolute atomic E-state index is 0.115. The van der Waals surface area contributed by atoms with Crippen molar-refractivity contribution in [3.63, 3.8) is 0 Å². The van der Waals surface area contributed by atoms with Crippen molar-refractivity contribution in [2.45, 2.75) is 26.5 Å². The largest absolute Gasteiger partial charge is 0.487 e. The molecule has 3 heterocycles. The second-order valence-corrected chi connectivity index (χ2v) is 12.2. The summed E-state index contributed by atoms with van der Waals surface area (Å²) >= 11 is 6.61. The molecule has 2 aromatic carbocycles. The van der Waals surface area contributed by atoms with Crippen LogP contribution in [0, 0.1) is 6.92 Å². The Bertz CT molecular complexity index is 1590. The lowest BCUT2D eigenvalue weighted by molar-refractivity contribution is 0.0937. The van der Waals surface area contributed by atoms with Crippen molar-refractivity contribution < 1.29 is 14.3 Å². The Balaban J connectivity index is 0.00000235. The molecular formula is C33H46ClN8O3P. The molecular weight excluding hydrogens is 623 g/mol. The van der Waals surface area contributed by atoms with Gasteiger partial charge in [-0.1, -0.05) is 29.8 Å². The first kappa shape index (κ1) is 35.5. The summed E-state index contributed by atoms with van der Waals surface area (Å²) in [6.45, 7) is 9.20. The first-order valence-corrected chi connectivity index (χ1v) is 16.4. The number of ether oxygens (including phenoxy) is 2. The number of benzene rings is 2. The summed E-state index contributed by atoms with van der Waals surface area (Å²) in [6, 6.07) is 13.6. The number of halogens is 1. The lowest BCUT2D eigenvalue weighted by Gasteiger charge is -2.32. The van der Waals surface area contributed by atoms with Gasteiger partial charge in [-0.05, 0) is 74.7 Å². The number of likely N-dealkylation sites (N-methyl/N-ethyl adjacent to an activating group) is 1. The minimum atomic E-state index is -0.115. The summed E-state index contributed by atoms with van der Waals surface area (Å²) in [6.07, 6.45) is 2.59. The van der Waals surface area contributed by atoms with Gasteiger partial charge < -0.3 is 40.2 Å². The molecule has 1 saturated heterocycles. The van der Waals surface area contributed by atoms with Gasteiger partial charge in [0.2, 0.25) is 0 Å². The van der Waals surface area contributed by atoms with Gasteiger partial charge in [0, 0.05) is 57.5 Å². The number of hydrogen-bond acceptors (Lipinski definition) is 9. The van der Waals surface area contributed by atoms with Crippen LogP contribution in [0.5, 0.6) is 5.75 Å². The molecule has 0 radical (unpaired) electrons. The normalized spacial score (nSPS) is 13.7. The minimum Gasteiger partial charge on any atom is -0.487 e. The number of aromatic nitrogens is 3. The molecule has 0 saturated carbocycles. The van der Waals surface area contributed by atoms with Crippen molar-refractivity contribution in [3.05, 3.63) is 70.5 Å². The third-order valence-corrected chi connectivity index (χ3v) is 8.58. The van der Waals surface area contributed by atoms with Crippen LogP contribution in [-0.2, 0) is 17.9 Å². The highest BCUT2D eigenvalue weighted by Gasteiger charge is 2.23. The van der Waals surface area contributed by atoms with Crippen LogP contribution in [0.1, 0.15) is 28.0 Å². The van der Waals surface area contributed by atoms with E-state index in [9.17, 15) is 4.79 Å². The molecule has 4 N–H and O–H groups in total.